The summed E-state index contributed by atoms with van der Waals surface area (Å²) >= 11 is 13.3. The normalized spacial score (nSPS) is 30.1. The van der Waals surface area contributed by atoms with Crippen molar-refractivity contribution in [1.82, 2.24) is 10.2 Å². The van der Waals surface area contributed by atoms with Gasteiger partial charge >= 0.3 is 0 Å². The first-order valence-electron chi connectivity index (χ1n) is 5.45. The van der Waals surface area contributed by atoms with Crippen LogP contribution in [0.5, 0.6) is 0 Å². The van der Waals surface area contributed by atoms with Crippen LogP contribution in [0.2, 0.25) is 0 Å². The van der Waals surface area contributed by atoms with Gasteiger partial charge in [-0.25, -0.2) is 0 Å². The summed E-state index contributed by atoms with van der Waals surface area (Å²) in [6.45, 7) is 1.76. The van der Waals surface area contributed by atoms with E-state index in [4.69, 9.17) is 23.2 Å². The van der Waals surface area contributed by atoms with Crippen LogP contribution in [0.15, 0.2) is 0 Å². The van der Waals surface area contributed by atoms with Gasteiger partial charge in [0, 0.05) is 5.92 Å². The first-order valence-corrected chi connectivity index (χ1v) is 7.02. The summed E-state index contributed by atoms with van der Waals surface area (Å²) in [4.78, 5) is 12.0. The number of nitrogens with zero attached hydrogens (tertiary/aromatic N) is 2. The van der Waals surface area contributed by atoms with Crippen LogP contribution >= 0.6 is 34.5 Å². The quantitative estimate of drug-likeness (QED) is 0.871. The highest BCUT2D eigenvalue weighted by molar-refractivity contribution is 7.15. The third kappa shape index (κ3) is 1.94. The van der Waals surface area contributed by atoms with Gasteiger partial charge in [-0.1, -0.05) is 11.3 Å². The summed E-state index contributed by atoms with van der Waals surface area (Å²) < 4.78 is -0.943. The fraction of sp³-hybridized carbons (Fsp3) is 0.700. The average Bonchev–Trinajstić information content (AvgIpc) is 3.10. The first kappa shape index (κ1) is 11.7. The monoisotopic (exact) mass is 291 g/mol. The molecule has 0 saturated heterocycles. The van der Waals surface area contributed by atoms with E-state index in [1.54, 1.807) is 6.92 Å². The van der Waals surface area contributed by atoms with E-state index in [0.29, 0.717) is 17.5 Å². The number of carbonyl (C=O) groups excluding carboxylic acids is 1. The average molecular weight is 292 g/mol. The molecule has 1 amide bonds. The van der Waals surface area contributed by atoms with E-state index in [9.17, 15) is 4.79 Å². The lowest BCUT2D eigenvalue weighted by atomic mass is 10.1. The third-order valence-electron chi connectivity index (χ3n) is 3.35. The molecule has 4 nitrogen and oxygen atoms in total. The number of anilines is 1. The summed E-state index contributed by atoms with van der Waals surface area (Å²) in [6, 6.07) is 0. The Balaban J connectivity index is 1.68. The molecule has 92 valence electrons. The number of halogens is 2. The fourth-order valence-electron chi connectivity index (χ4n) is 1.66. The zero-order valence-corrected chi connectivity index (χ0v) is 11.5. The van der Waals surface area contributed by atoms with Crippen LogP contribution in [0.1, 0.15) is 37.1 Å². The topological polar surface area (TPSA) is 54.9 Å². The largest absolute Gasteiger partial charge is 0.300 e. The van der Waals surface area contributed by atoms with Gasteiger partial charge in [-0.15, -0.1) is 33.4 Å². The predicted octanol–water partition coefficient (Wildman–Crippen LogP) is 2.94. The molecule has 0 bridgehead atoms. The molecule has 0 radical (unpaired) electrons. The second-order valence-corrected chi connectivity index (χ2v) is 7.38. The number of rotatable bonds is 3. The molecule has 0 aromatic carbocycles. The number of nitrogens with one attached hydrogen (secondary N) is 1. The van der Waals surface area contributed by atoms with Crippen molar-refractivity contribution < 1.29 is 4.79 Å². The molecule has 1 aromatic rings. The Morgan fingerprint density at radius 1 is 1.47 bits per heavy atom. The van der Waals surface area contributed by atoms with Crippen LogP contribution in [-0.4, -0.2) is 20.4 Å². The molecule has 2 aliphatic carbocycles. The van der Waals surface area contributed by atoms with Crippen LogP contribution in [0.3, 0.4) is 0 Å². The smallest absolute Gasteiger partial charge is 0.235 e. The van der Waals surface area contributed by atoms with E-state index >= 15 is 0 Å². The maximum absolute atomic E-state index is 12.0. The Kier molecular flexibility index (Phi) is 2.44. The number of alkyl halides is 2. The van der Waals surface area contributed by atoms with E-state index in [0.717, 1.165) is 5.01 Å². The molecule has 1 aromatic heterocycles. The van der Waals surface area contributed by atoms with Gasteiger partial charge in [0.15, 0.2) is 0 Å². The van der Waals surface area contributed by atoms with Gasteiger partial charge in [0.1, 0.15) is 9.34 Å². The maximum atomic E-state index is 12.0. The zero-order valence-electron chi connectivity index (χ0n) is 9.17. The van der Waals surface area contributed by atoms with Crippen molar-refractivity contribution in [3.8, 4) is 0 Å². The van der Waals surface area contributed by atoms with Crippen molar-refractivity contribution in [3.05, 3.63) is 5.01 Å². The molecule has 2 fully saturated rings. The van der Waals surface area contributed by atoms with Crippen LogP contribution in [0.4, 0.5) is 5.13 Å². The minimum atomic E-state index is -0.943. The molecule has 1 heterocycles. The molecule has 0 unspecified atom stereocenters. The fourth-order valence-corrected chi connectivity index (χ4v) is 3.28. The number of aromatic nitrogens is 2. The van der Waals surface area contributed by atoms with E-state index in [1.165, 1.54) is 24.2 Å². The maximum Gasteiger partial charge on any atom is 0.235 e. The van der Waals surface area contributed by atoms with Crippen molar-refractivity contribution in [2.75, 3.05) is 5.32 Å². The summed E-state index contributed by atoms with van der Waals surface area (Å²) in [6.07, 6.45) is 2.82. The Labute approximate surface area is 113 Å². The van der Waals surface area contributed by atoms with E-state index in [-0.39, 0.29) is 5.91 Å². The molecule has 1 atom stereocenters. The van der Waals surface area contributed by atoms with E-state index in [2.05, 4.69) is 15.5 Å². The van der Waals surface area contributed by atoms with Gasteiger partial charge in [-0.3, -0.25) is 10.1 Å². The van der Waals surface area contributed by atoms with Crippen molar-refractivity contribution in [2.45, 2.75) is 36.4 Å². The van der Waals surface area contributed by atoms with Crippen LogP contribution in [0, 0.1) is 5.41 Å². The Hall–Kier alpha value is -0.390. The van der Waals surface area contributed by atoms with Gasteiger partial charge in [0.05, 0.1) is 5.41 Å². The molecule has 0 spiro atoms. The number of hydrogen-bond donors (Lipinski definition) is 1. The van der Waals surface area contributed by atoms with Crippen molar-refractivity contribution >= 4 is 45.6 Å². The second-order valence-electron chi connectivity index (χ2n) is 4.89. The molecule has 7 heteroatoms. The molecule has 1 N–H and O–H groups in total. The number of carbonyl (C=O) groups is 1. The standard InChI is InChI=1S/C10H11Cl2N3OS/c1-9(4-10(9,11)12)7(16)13-8-15-14-6(17-8)5-2-3-5/h5H,2-4H2,1H3,(H,13,15,16)/t9-/m0/s1. The zero-order chi connectivity index (χ0) is 12.3. The third-order valence-corrected chi connectivity index (χ3v) is 5.45. The van der Waals surface area contributed by atoms with Gasteiger partial charge < -0.3 is 0 Å². The lowest BCUT2D eigenvalue weighted by molar-refractivity contribution is -0.120. The summed E-state index contributed by atoms with van der Waals surface area (Å²) in [5.41, 5.74) is -0.707. The lowest BCUT2D eigenvalue weighted by Crippen LogP contribution is -2.25. The Morgan fingerprint density at radius 3 is 2.65 bits per heavy atom. The van der Waals surface area contributed by atoms with Gasteiger partial charge in [0.2, 0.25) is 11.0 Å². The Morgan fingerprint density at radius 2 is 2.12 bits per heavy atom. The van der Waals surface area contributed by atoms with Gasteiger partial charge in [0.25, 0.3) is 0 Å². The van der Waals surface area contributed by atoms with Gasteiger partial charge in [-0.2, -0.15) is 0 Å². The summed E-state index contributed by atoms with van der Waals surface area (Å²) in [5, 5.41) is 12.3. The van der Waals surface area contributed by atoms with Crippen LogP contribution in [0.25, 0.3) is 0 Å². The molecule has 17 heavy (non-hydrogen) atoms. The minimum absolute atomic E-state index is 0.180. The molecule has 3 rings (SSSR count). The van der Waals surface area contributed by atoms with Crippen LogP contribution < -0.4 is 5.32 Å². The first-order chi connectivity index (χ1) is 7.92. The highest BCUT2D eigenvalue weighted by atomic mass is 35.5. The molecule has 0 aliphatic heterocycles. The summed E-state index contributed by atoms with van der Waals surface area (Å²) in [7, 11) is 0. The molecular formula is C10H11Cl2N3OS. The predicted molar refractivity (Wildman–Crippen MR) is 67.7 cm³/mol. The molecule has 2 saturated carbocycles. The summed E-state index contributed by atoms with van der Waals surface area (Å²) in [5.74, 6) is 0.371. The Bertz CT molecular complexity index is 486. The van der Waals surface area contributed by atoms with Crippen molar-refractivity contribution in [1.29, 1.82) is 0 Å². The van der Waals surface area contributed by atoms with E-state index < -0.39 is 9.75 Å². The molecule has 2 aliphatic rings. The van der Waals surface area contributed by atoms with Gasteiger partial charge in [-0.05, 0) is 26.2 Å². The number of amides is 1. The van der Waals surface area contributed by atoms with Crippen molar-refractivity contribution in [3.63, 3.8) is 0 Å². The highest BCUT2D eigenvalue weighted by Gasteiger charge is 2.68. The number of hydrogen-bond acceptors (Lipinski definition) is 4. The molecular weight excluding hydrogens is 281 g/mol. The van der Waals surface area contributed by atoms with Crippen LogP contribution in [-0.2, 0) is 4.79 Å². The van der Waals surface area contributed by atoms with Crippen molar-refractivity contribution in [2.24, 2.45) is 5.41 Å². The lowest BCUT2D eigenvalue weighted by Gasteiger charge is -2.09. The minimum Gasteiger partial charge on any atom is -0.300 e. The van der Waals surface area contributed by atoms with E-state index in [1.807, 2.05) is 0 Å². The highest BCUT2D eigenvalue weighted by Crippen LogP contribution is 2.64. The SMILES string of the molecule is C[C@@]1(C(=O)Nc2nnc(C3CC3)s2)CC1(Cl)Cl. The second kappa shape index (κ2) is 3.56.